The fraction of sp³-hybridized carbons (Fsp3) is 0.462. The van der Waals surface area contributed by atoms with E-state index in [0.717, 1.165) is 12.1 Å². The molecule has 0 aromatic heterocycles. The second kappa shape index (κ2) is 6.49. The molecule has 1 aliphatic rings. The van der Waals surface area contributed by atoms with Crippen molar-refractivity contribution in [1.82, 2.24) is 4.90 Å². The summed E-state index contributed by atoms with van der Waals surface area (Å²) >= 11 is 2.98. The zero-order chi connectivity index (χ0) is 14.7. The molecule has 0 atom stereocenters. The van der Waals surface area contributed by atoms with Crippen LogP contribution in [0.1, 0.15) is 12.8 Å². The molecule has 1 heterocycles. The summed E-state index contributed by atoms with van der Waals surface area (Å²) in [6.45, 7) is 1.04. The van der Waals surface area contributed by atoms with Gasteiger partial charge in [-0.1, -0.05) is 15.9 Å². The van der Waals surface area contributed by atoms with Crippen molar-refractivity contribution in [3.8, 4) is 0 Å². The number of carbonyl (C=O) groups is 1. The van der Waals surface area contributed by atoms with Gasteiger partial charge in [0.2, 0.25) is 0 Å². The molecule has 1 saturated heterocycles. The van der Waals surface area contributed by atoms with Crippen LogP contribution in [-0.2, 0) is 0 Å². The molecule has 0 radical (unpaired) electrons. The summed E-state index contributed by atoms with van der Waals surface area (Å²) in [7, 11) is 0. The third-order valence-corrected chi connectivity index (χ3v) is 3.86. The average molecular weight is 349 g/mol. The summed E-state index contributed by atoms with van der Waals surface area (Å²) in [4.78, 5) is 13.5. The summed E-state index contributed by atoms with van der Waals surface area (Å²) in [5.74, 6) is -1.45. The van der Waals surface area contributed by atoms with E-state index in [2.05, 4.69) is 21.2 Å². The Balaban J connectivity index is 2.02. The quantitative estimate of drug-likeness (QED) is 0.863. The Labute approximate surface area is 123 Å². The lowest BCUT2D eigenvalue weighted by Gasteiger charge is -2.31. The van der Waals surface area contributed by atoms with Crippen molar-refractivity contribution >= 4 is 27.6 Å². The minimum absolute atomic E-state index is 0.103. The highest BCUT2D eigenvalue weighted by Crippen LogP contribution is 2.25. The van der Waals surface area contributed by atoms with Gasteiger partial charge in [-0.2, -0.15) is 0 Å². The Morgan fingerprint density at radius 2 is 1.90 bits per heavy atom. The first kappa shape index (κ1) is 15.2. The van der Waals surface area contributed by atoms with Crippen LogP contribution >= 0.6 is 15.9 Å². The predicted molar refractivity (Wildman–Crippen MR) is 74.5 cm³/mol. The van der Waals surface area contributed by atoms with Gasteiger partial charge < -0.3 is 15.3 Å². The van der Waals surface area contributed by atoms with E-state index < -0.39 is 23.4 Å². The number of aliphatic hydroxyl groups excluding tert-OH is 1. The van der Waals surface area contributed by atoms with Gasteiger partial charge in [0.25, 0.3) is 0 Å². The number of nitrogens with zero attached hydrogens (tertiary/aromatic N) is 1. The van der Waals surface area contributed by atoms with E-state index in [0.29, 0.717) is 25.9 Å². The summed E-state index contributed by atoms with van der Waals surface area (Å²) in [5.41, 5.74) is -0.442. The summed E-state index contributed by atoms with van der Waals surface area (Å²) in [5, 5.41) is 11.3. The maximum absolute atomic E-state index is 13.6. The van der Waals surface area contributed by atoms with Gasteiger partial charge in [-0.05, 0) is 30.9 Å². The van der Waals surface area contributed by atoms with Gasteiger partial charge in [-0.15, -0.1) is 0 Å². The third kappa shape index (κ3) is 3.46. The Morgan fingerprint density at radius 1 is 1.35 bits per heavy atom. The number of benzene rings is 1. The third-order valence-electron chi connectivity index (χ3n) is 3.40. The molecular formula is C13H15BrF2N2O2. The van der Waals surface area contributed by atoms with E-state index in [9.17, 15) is 13.6 Å². The number of piperidine rings is 1. The highest BCUT2D eigenvalue weighted by atomic mass is 79.9. The van der Waals surface area contributed by atoms with Crippen LogP contribution in [0.5, 0.6) is 0 Å². The molecule has 1 fully saturated rings. The summed E-state index contributed by atoms with van der Waals surface area (Å²) in [6.07, 6.45) is 1.38. The van der Waals surface area contributed by atoms with Crippen molar-refractivity contribution in [2.45, 2.75) is 12.8 Å². The fourth-order valence-corrected chi connectivity index (χ4v) is 2.57. The topological polar surface area (TPSA) is 52.6 Å². The number of rotatable bonds is 2. The molecule has 0 aliphatic carbocycles. The predicted octanol–water partition coefficient (Wildman–Crippen LogP) is 2.96. The SMILES string of the molecule is O=C(Nc1c(F)cc(Br)cc1F)N1CCC(CO)CC1. The minimum atomic E-state index is -0.824. The summed E-state index contributed by atoms with van der Waals surface area (Å²) in [6, 6.07) is 1.66. The van der Waals surface area contributed by atoms with Crippen LogP contribution in [0, 0.1) is 17.6 Å². The normalized spacial score (nSPS) is 16.3. The van der Waals surface area contributed by atoms with Gasteiger partial charge in [-0.25, -0.2) is 13.6 Å². The molecule has 20 heavy (non-hydrogen) atoms. The molecular weight excluding hydrogens is 334 g/mol. The van der Waals surface area contributed by atoms with Crippen molar-refractivity contribution in [3.63, 3.8) is 0 Å². The maximum Gasteiger partial charge on any atom is 0.322 e. The Morgan fingerprint density at radius 3 is 2.40 bits per heavy atom. The maximum atomic E-state index is 13.6. The lowest BCUT2D eigenvalue weighted by Crippen LogP contribution is -2.41. The van der Waals surface area contributed by atoms with Crippen LogP contribution < -0.4 is 5.32 Å². The van der Waals surface area contributed by atoms with Crippen LogP contribution in [-0.4, -0.2) is 35.7 Å². The van der Waals surface area contributed by atoms with E-state index in [-0.39, 0.29) is 17.0 Å². The molecule has 1 aromatic rings. The number of anilines is 1. The largest absolute Gasteiger partial charge is 0.396 e. The highest BCUT2D eigenvalue weighted by Gasteiger charge is 2.23. The van der Waals surface area contributed by atoms with E-state index in [1.54, 1.807) is 0 Å². The lowest BCUT2D eigenvalue weighted by molar-refractivity contribution is 0.143. The number of hydrogen-bond acceptors (Lipinski definition) is 2. The van der Waals surface area contributed by atoms with Crippen LogP contribution in [0.25, 0.3) is 0 Å². The van der Waals surface area contributed by atoms with Gasteiger partial charge in [0.05, 0.1) is 0 Å². The minimum Gasteiger partial charge on any atom is -0.396 e. The van der Waals surface area contributed by atoms with Gasteiger partial charge >= 0.3 is 6.03 Å². The van der Waals surface area contributed by atoms with Gasteiger partial charge in [0.15, 0.2) is 11.6 Å². The molecule has 0 bridgehead atoms. The number of nitrogens with one attached hydrogen (secondary N) is 1. The second-order valence-electron chi connectivity index (χ2n) is 4.79. The summed E-state index contributed by atoms with van der Waals surface area (Å²) < 4.78 is 27.5. The number of amides is 2. The molecule has 7 heteroatoms. The van der Waals surface area contributed by atoms with Crippen molar-refractivity contribution in [3.05, 3.63) is 28.2 Å². The number of likely N-dealkylation sites (tertiary alicyclic amines) is 1. The molecule has 0 spiro atoms. The first-order valence-electron chi connectivity index (χ1n) is 6.32. The molecule has 1 aromatic carbocycles. The molecule has 110 valence electrons. The van der Waals surface area contributed by atoms with Gasteiger partial charge in [-0.3, -0.25) is 0 Å². The zero-order valence-electron chi connectivity index (χ0n) is 10.7. The number of hydrogen-bond donors (Lipinski definition) is 2. The molecule has 0 unspecified atom stereocenters. The fourth-order valence-electron chi connectivity index (χ4n) is 2.17. The van der Waals surface area contributed by atoms with E-state index in [1.807, 2.05) is 0 Å². The molecule has 2 rings (SSSR count). The molecule has 1 aliphatic heterocycles. The molecule has 2 amide bonds. The highest BCUT2D eigenvalue weighted by molar-refractivity contribution is 9.10. The zero-order valence-corrected chi connectivity index (χ0v) is 12.3. The molecule has 4 nitrogen and oxygen atoms in total. The first-order valence-corrected chi connectivity index (χ1v) is 7.12. The smallest absolute Gasteiger partial charge is 0.322 e. The number of carbonyl (C=O) groups excluding carboxylic acids is 1. The van der Waals surface area contributed by atoms with Gasteiger partial charge in [0, 0.05) is 24.2 Å². The monoisotopic (exact) mass is 348 g/mol. The van der Waals surface area contributed by atoms with Crippen LogP contribution in [0.3, 0.4) is 0 Å². The van der Waals surface area contributed by atoms with E-state index >= 15 is 0 Å². The van der Waals surface area contributed by atoms with Crippen molar-refractivity contribution in [1.29, 1.82) is 0 Å². The Hall–Kier alpha value is -1.21. The van der Waals surface area contributed by atoms with E-state index in [1.165, 1.54) is 4.90 Å². The Bertz CT molecular complexity index is 482. The molecule has 0 saturated carbocycles. The standard InChI is InChI=1S/C13H15BrF2N2O2/c14-9-5-10(15)12(11(16)6-9)17-13(20)18-3-1-8(7-19)2-4-18/h5-6,8,19H,1-4,7H2,(H,17,20). The Kier molecular flexibility index (Phi) is 4.93. The van der Waals surface area contributed by atoms with Crippen LogP contribution in [0.15, 0.2) is 16.6 Å². The van der Waals surface area contributed by atoms with Crippen LogP contribution in [0.4, 0.5) is 19.3 Å². The average Bonchev–Trinajstić information content (AvgIpc) is 2.42. The first-order chi connectivity index (χ1) is 9.51. The molecule has 2 N–H and O–H groups in total. The second-order valence-corrected chi connectivity index (χ2v) is 5.70. The number of aliphatic hydroxyl groups is 1. The van der Waals surface area contributed by atoms with Crippen molar-refractivity contribution < 1.29 is 18.7 Å². The van der Waals surface area contributed by atoms with Crippen molar-refractivity contribution in [2.75, 3.05) is 25.0 Å². The number of urea groups is 1. The van der Waals surface area contributed by atoms with Crippen molar-refractivity contribution in [2.24, 2.45) is 5.92 Å². The van der Waals surface area contributed by atoms with Crippen LogP contribution in [0.2, 0.25) is 0 Å². The lowest BCUT2D eigenvalue weighted by atomic mass is 9.98. The van der Waals surface area contributed by atoms with E-state index in [4.69, 9.17) is 5.11 Å². The number of halogens is 3. The van der Waals surface area contributed by atoms with Gasteiger partial charge in [0.1, 0.15) is 5.69 Å².